The van der Waals surface area contributed by atoms with Crippen molar-refractivity contribution in [2.45, 2.75) is 31.6 Å². The molecule has 0 spiro atoms. The van der Waals surface area contributed by atoms with Crippen LogP contribution in [0.5, 0.6) is 11.5 Å². The fourth-order valence-electron chi connectivity index (χ4n) is 3.05. The fraction of sp³-hybridized carbons (Fsp3) is 0.364. The van der Waals surface area contributed by atoms with E-state index < -0.39 is 16.0 Å². The van der Waals surface area contributed by atoms with Gasteiger partial charge in [0.2, 0.25) is 15.8 Å². The predicted octanol–water partition coefficient (Wildman–Crippen LogP) is 2.56. The van der Waals surface area contributed by atoms with Crippen LogP contribution in [-0.2, 0) is 19.6 Å². The lowest BCUT2D eigenvalue weighted by Crippen LogP contribution is -2.26. The van der Waals surface area contributed by atoms with Gasteiger partial charge in [-0.3, -0.25) is 9.59 Å². The van der Waals surface area contributed by atoms with Gasteiger partial charge in [0.05, 0.1) is 4.90 Å². The zero-order valence-electron chi connectivity index (χ0n) is 17.5. The second-order valence-electron chi connectivity index (χ2n) is 7.21. The third kappa shape index (κ3) is 6.05. The number of rotatable bonds is 9. The molecule has 0 amide bonds. The van der Waals surface area contributed by atoms with Crippen LogP contribution in [0.3, 0.4) is 0 Å². The van der Waals surface area contributed by atoms with Crippen molar-refractivity contribution in [3.05, 3.63) is 53.1 Å². The van der Waals surface area contributed by atoms with E-state index in [0.717, 1.165) is 11.1 Å². The molecule has 2 aromatic rings. The molecule has 0 atom stereocenters. The Hall–Kier alpha value is -2.91. The number of nitrogens with one attached hydrogen (secondary N) is 1. The van der Waals surface area contributed by atoms with Gasteiger partial charge in [-0.15, -0.1) is 0 Å². The van der Waals surface area contributed by atoms with Gasteiger partial charge in [-0.25, -0.2) is 13.1 Å². The number of esters is 1. The zero-order chi connectivity index (χ0) is 22.4. The Labute approximate surface area is 181 Å². The summed E-state index contributed by atoms with van der Waals surface area (Å²) < 4.78 is 43.1. The number of fused-ring (bicyclic) bond motifs is 1. The second kappa shape index (κ2) is 9.93. The number of hydrogen-bond donors (Lipinski definition) is 1. The lowest BCUT2D eigenvalue weighted by molar-refractivity contribution is -0.142. The van der Waals surface area contributed by atoms with Gasteiger partial charge in [0.15, 0.2) is 18.1 Å². The highest BCUT2D eigenvalue weighted by Gasteiger charge is 2.19. The van der Waals surface area contributed by atoms with E-state index in [2.05, 4.69) is 4.72 Å². The van der Waals surface area contributed by atoms with Gasteiger partial charge >= 0.3 is 5.97 Å². The molecule has 9 heteroatoms. The summed E-state index contributed by atoms with van der Waals surface area (Å²) in [7, 11) is -3.75. The molecule has 31 heavy (non-hydrogen) atoms. The van der Waals surface area contributed by atoms with E-state index in [9.17, 15) is 18.0 Å². The maximum Gasteiger partial charge on any atom is 0.306 e. The quantitative estimate of drug-likeness (QED) is 0.358. The fourth-order valence-corrected chi connectivity index (χ4v) is 4.13. The molecule has 0 aromatic heterocycles. The van der Waals surface area contributed by atoms with Crippen molar-refractivity contribution >= 4 is 21.8 Å². The molecule has 0 unspecified atom stereocenters. The molecule has 0 bridgehead atoms. The number of aryl methyl sites for hydroxylation is 2. The molecule has 0 saturated heterocycles. The number of ether oxygens (including phenoxy) is 3. The third-order valence-corrected chi connectivity index (χ3v) is 6.19. The summed E-state index contributed by atoms with van der Waals surface area (Å²) >= 11 is 0. The average molecular weight is 448 g/mol. The van der Waals surface area contributed by atoms with E-state index >= 15 is 0 Å². The van der Waals surface area contributed by atoms with Gasteiger partial charge in [-0.05, 0) is 44.0 Å². The molecular weight excluding hydrogens is 422 g/mol. The van der Waals surface area contributed by atoms with Crippen molar-refractivity contribution in [3.63, 3.8) is 0 Å². The highest BCUT2D eigenvalue weighted by atomic mass is 32.2. The van der Waals surface area contributed by atoms with Crippen LogP contribution in [-0.4, -0.2) is 46.5 Å². The van der Waals surface area contributed by atoms with Crippen molar-refractivity contribution in [1.82, 2.24) is 4.72 Å². The van der Waals surface area contributed by atoms with Crippen LogP contribution in [0.25, 0.3) is 0 Å². The number of hydrogen-bond acceptors (Lipinski definition) is 7. The summed E-state index contributed by atoms with van der Waals surface area (Å²) in [5, 5.41) is 0. The van der Waals surface area contributed by atoms with Crippen LogP contribution in [0.15, 0.2) is 41.3 Å². The van der Waals surface area contributed by atoms with Gasteiger partial charge in [0.25, 0.3) is 0 Å². The van der Waals surface area contributed by atoms with Crippen LogP contribution >= 0.6 is 0 Å². The molecule has 3 rings (SSSR count). The summed E-state index contributed by atoms with van der Waals surface area (Å²) in [5.41, 5.74) is 2.30. The average Bonchev–Trinajstić information content (AvgIpc) is 2.76. The number of Topliss-reactive ketones (excluding diaryl/α,β-unsaturated/α-hetero) is 1. The second-order valence-corrected chi connectivity index (χ2v) is 8.98. The van der Waals surface area contributed by atoms with Crippen LogP contribution in [0.1, 0.15) is 34.3 Å². The maximum atomic E-state index is 12.4. The van der Waals surface area contributed by atoms with E-state index in [1.165, 1.54) is 12.1 Å². The summed E-state index contributed by atoms with van der Waals surface area (Å²) in [6.07, 6.45) is 0.226. The zero-order valence-corrected chi connectivity index (χ0v) is 18.3. The largest absolute Gasteiger partial charge is 0.486 e. The maximum absolute atomic E-state index is 12.4. The van der Waals surface area contributed by atoms with Crippen LogP contribution in [0.4, 0.5) is 0 Å². The van der Waals surface area contributed by atoms with Crippen molar-refractivity contribution in [3.8, 4) is 11.5 Å². The van der Waals surface area contributed by atoms with Crippen molar-refractivity contribution in [2.75, 3.05) is 26.4 Å². The number of carbonyl (C=O) groups excluding carboxylic acids is 2. The molecule has 1 aliphatic heterocycles. The molecule has 0 radical (unpaired) electrons. The Bertz CT molecular complexity index is 1080. The summed E-state index contributed by atoms with van der Waals surface area (Å²) in [6, 6.07) is 9.90. The third-order valence-electron chi connectivity index (χ3n) is 4.73. The van der Waals surface area contributed by atoms with Gasteiger partial charge in [-0.2, -0.15) is 0 Å². The van der Waals surface area contributed by atoms with E-state index in [1.54, 1.807) is 12.1 Å². The minimum Gasteiger partial charge on any atom is -0.486 e. The monoisotopic (exact) mass is 447 g/mol. The van der Waals surface area contributed by atoms with Crippen molar-refractivity contribution < 1.29 is 32.2 Å². The lowest BCUT2D eigenvalue weighted by atomic mass is 10.0. The van der Waals surface area contributed by atoms with E-state index in [1.807, 2.05) is 26.0 Å². The van der Waals surface area contributed by atoms with Gasteiger partial charge in [0.1, 0.15) is 13.2 Å². The number of carbonyl (C=O) groups is 2. The molecule has 0 aliphatic carbocycles. The first-order chi connectivity index (χ1) is 14.8. The Morgan fingerprint density at radius 1 is 1.03 bits per heavy atom. The molecular formula is C22H25NO7S. The highest BCUT2D eigenvalue weighted by Crippen LogP contribution is 2.32. The van der Waals surface area contributed by atoms with Gasteiger partial charge in [0, 0.05) is 24.6 Å². The topological polar surface area (TPSA) is 108 Å². The summed E-state index contributed by atoms with van der Waals surface area (Å²) in [4.78, 5) is 24.2. The van der Waals surface area contributed by atoms with Gasteiger partial charge in [-0.1, -0.05) is 17.7 Å². The normalized spacial score (nSPS) is 13.0. The van der Waals surface area contributed by atoms with E-state index in [4.69, 9.17) is 14.2 Å². The Morgan fingerprint density at radius 3 is 2.55 bits per heavy atom. The van der Waals surface area contributed by atoms with Crippen molar-refractivity contribution in [2.24, 2.45) is 0 Å². The number of sulfonamides is 1. The Balaban J connectivity index is 1.43. The van der Waals surface area contributed by atoms with E-state index in [0.29, 0.717) is 30.3 Å². The minimum absolute atomic E-state index is 0.0102. The van der Waals surface area contributed by atoms with Crippen LogP contribution in [0.2, 0.25) is 0 Å². The molecule has 2 aromatic carbocycles. The molecule has 0 saturated carbocycles. The van der Waals surface area contributed by atoms with Crippen molar-refractivity contribution in [1.29, 1.82) is 0 Å². The van der Waals surface area contributed by atoms with E-state index in [-0.39, 0.29) is 36.7 Å². The summed E-state index contributed by atoms with van der Waals surface area (Å²) in [5.74, 6) is 0.0561. The molecule has 166 valence electrons. The SMILES string of the molecule is Cc1ccc(C)c(C(=O)COC(=O)CCCNS(=O)(=O)c2ccc3c(c2)OCCO3)c1. The molecule has 8 nitrogen and oxygen atoms in total. The molecule has 1 heterocycles. The number of ketones is 1. The molecule has 1 N–H and O–H groups in total. The minimum atomic E-state index is -3.75. The Morgan fingerprint density at radius 2 is 1.77 bits per heavy atom. The lowest BCUT2D eigenvalue weighted by Gasteiger charge is -2.18. The standard InChI is InChI=1S/C22H25NO7S/c1-15-5-6-16(2)18(12-15)19(24)14-30-22(25)4-3-9-23-31(26,27)17-7-8-20-21(13-17)29-11-10-28-20/h5-8,12-13,23H,3-4,9-11,14H2,1-2H3. The van der Waals surface area contributed by atoms with Crippen LogP contribution < -0.4 is 14.2 Å². The molecule has 0 fully saturated rings. The summed E-state index contributed by atoms with van der Waals surface area (Å²) in [6.45, 7) is 4.20. The molecule has 1 aliphatic rings. The van der Waals surface area contributed by atoms with Gasteiger partial charge < -0.3 is 14.2 Å². The first kappa shape index (κ1) is 22.8. The first-order valence-electron chi connectivity index (χ1n) is 9.91. The predicted molar refractivity (Wildman–Crippen MR) is 113 cm³/mol. The highest BCUT2D eigenvalue weighted by molar-refractivity contribution is 7.89. The van der Waals surface area contributed by atoms with Crippen LogP contribution in [0, 0.1) is 13.8 Å². The number of benzene rings is 2. The first-order valence-corrected chi connectivity index (χ1v) is 11.4. The Kier molecular flexibility index (Phi) is 7.29. The smallest absolute Gasteiger partial charge is 0.306 e.